The van der Waals surface area contributed by atoms with Gasteiger partial charge in [-0.25, -0.2) is 0 Å². The summed E-state index contributed by atoms with van der Waals surface area (Å²) in [5.41, 5.74) is 6.10. The molecule has 0 aliphatic carbocycles. The van der Waals surface area contributed by atoms with E-state index < -0.39 is 6.10 Å². The van der Waals surface area contributed by atoms with Gasteiger partial charge in [-0.05, 0) is 47.8 Å². The van der Waals surface area contributed by atoms with Gasteiger partial charge in [-0.1, -0.05) is 0 Å². The SMILES string of the molecule is COc1c(Br)c(Br)c(C(O)CN)c(Br)c1OC. The molecule has 0 saturated heterocycles. The lowest BCUT2D eigenvalue weighted by molar-refractivity contribution is 0.184. The van der Waals surface area contributed by atoms with Crippen LogP contribution in [0.25, 0.3) is 0 Å². The summed E-state index contributed by atoms with van der Waals surface area (Å²) in [5, 5.41) is 9.90. The van der Waals surface area contributed by atoms with Crippen molar-refractivity contribution in [3.63, 3.8) is 0 Å². The number of nitrogens with two attached hydrogens (primary N) is 1. The number of aliphatic hydroxyl groups is 1. The van der Waals surface area contributed by atoms with E-state index in [2.05, 4.69) is 47.8 Å². The van der Waals surface area contributed by atoms with E-state index in [9.17, 15) is 5.11 Å². The normalized spacial score (nSPS) is 12.4. The molecule has 0 bridgehead atoms. The van der Waals surface area contributed by atoms with Gasteiger partial charge in [-0.3, -0.25) is 0 Å². The molecule has 17 heavy (non-hydrogen) atoms. The lowest BCUT2D eigenvalue weighted by atomic mass is 10.1. The first-order valence-electron chi connectivity index (χ1n) is 4.66. The van der Waals surface area contributed by atoms with Crippen LogP contribution in [-0.4, -0.2) is 25.9 Å². The van der Waals surface area contributed by atoms with E-state index in [0.29, 0.717) is 30.5 Å². The summed E-state index contributed by atoms with van der Waals surface area (Å²) in [6.45, 7) is 0.110. The third-order valence-corrected chi connectivity index (χ3v) is 5.13. The highest BCUT2D eigenvalue weighted by Gasteiger charge is 2.25. The smallest absolute Gasteiger partial charge is 0.177 e. The Hall–Kier alpha value is 0.180. The van der Waals surface area contributed by atoms with Gasteiger partial charge < -0.3 is 20.3 Å². The predicted octanol–water partition coefficient (Wildman–Crippen LogP) is 2.98. The monoisotopic (exact) mass is 431 g/mol. The summed E-state index contributed by atoms with van der Waals surface area (Å²) in [7, 11) is 3.07. The largest absolute Gasteiger partial charge is 0.492 e. The number of methoxy groups -OCH3 is 2. The molecule has 3 N–H and O–H groups in total. The molecule has 0 spiro atoms. The average molecular weight is 434 g/mol. The summed E-state index contributed by atoms with van der Waals surface area (Å²) in [6.07, 6.45) is -0.796. The molecule has 1 aromatic rings. The molecule has 1 atom stereocenters. The Morgan fingerprint density at radius 3 is 1.94 bits per heavy atom. The van der Waals surface area contributed by atoms with Crippen LogP contribution >= 0.6 is 47.8 Å². The van der Waals surface area contributed by atoms with Crippen LogP contribution in [0.1, 0.15) is 11.7 Å². The second-order valence-corrected chi connectivity index (χ2v) is 5.55. The van der Waals surface area contributed by atoms with Crippen molar-refractivity contribution in [1.29, 1.82) is 0 Å². The van der Waals surface area contributed by atoms with Gasteiger partial charge in [0, 0.05) is 16.6 Å². The van der Waals surface area contributed by atoms with Gasteiger partial charge in [-0.15, -0.1) is 0 Å². The molecule has 1 rings (SSSR count). The molecular formula is C10H12Br3NO3. The van der Waals surface area contributed by atoms with Crippen molar-refractivity contribution in [2.24, 2.45) is 5.73 Å². The molecule has 0 fully saturated rings. The molecule has 96 valence electrons. The van der Waals surface area contributed by atoms with Crippen LogP contribution < -0.4 is 15.2 Å². The minimum Gasteiger partial charge on any atom is -0.492 e. The zero-order valence-corrected chi connectivity index (χ0v) is 14.0. The van der Waals surface area contributed by atoms with Crippen LogP contribution in [0.15, 0.2) is 13.4 Å². The van der Waals surface area contributed by atoms with Crippen LogP contribution in [0.3, 0.4) is 0 Å². The van der Waals surface area contributed by atoms with Crippen molar-refractivity contribution >= 4 is 47.8 Å². The van der Waals surface area contributed by atoms with E-state index in [0.717, 1.165) is 0 Å². The molecule has 0 radical (unpaired) electrons. The Labute approximate surface area is 125 Å². The Balaban J connectivity index is 3.58. The number of hydrogen-bond acceptors (Lipinski definition) is 4. The Bertz CT molecular complexity index is 426. The number of hydrogen-bond donors (Lipinski definition) is 2. The van der Waals surface area contributed by atoms with Gasteiger partial charge in [0.1, 0.15) is 0 Å². The Morgan fingerprint density at radius 2 is 1.53 bits per heavy atom. The fourth-order valence-corrected chi connectivity index (χ4v) is 3.68. The lowest BCUT2D eigenvalue weighted by Gasteiger charge is -2.19. The summed E-state index contributed by atoms with van der Waals surface area (Å²) in [6, 6.07) is 0. The molecule has 7 heteroatoms. The molecule has 0 saturated carbocycles. The molecule has 0 amide bonds. The number of benzene rings is 1. The second kappa shape index (κ2) is 6.38. The summed E-state index contributed by atoms with van der Waals surface area (Å²) in [4.78, 5) is 0. The van der Waals surface area contributed by atoms with Crippen molar-refractivity contribution in [3.8, 4) is 11.5 Å². The van der Waals surface area contributed by atoms with Gasteiger partial charge in [0.05, 0.1) is 29.3 Å². The highest BCUT2D eigenvalue weighted by molar-refractivity contribution is 9.13. The van der Waals surface area contributed by atoms with Gasteiger partial charge >= 0.3 is 0 Å². The topological polar surface area (TPSA) is 64.7 Å². The Kier molecular flexibility index (Phi) is 5.72. The minimum absolute atomic E-state index is 0.110. The van der Waals surface area contributed by atoms with E-state index >= 15 is 0 Å². The quantitative estimate of drug-likeness (QED) is 0.716. The summed E-state index contributed by atoms with van der Waals surface area (Å²) < 4.78 is 12.5. The van der Waals surface area contributed by atoms with Crippen molar-refractivity contribution in [1.82, 2.24) is 0 Å². The average Bonchev–Trinajstić information content (AvgIpc) is 2.33. The molecular weight excluding hydrogens is 422 g/mol. The first-order chi connectivity index (χ1) is 7.99. The summed E-state index contributed by atoms with van der Waals surface area (Å²) in [5.74, 6) is 1.05. The fraction of sp³-hybridized carbons (Fsp3) is 0.400. The first kappa shape index (κ1) is 15.2. The van der Waals surface area contributed by atoms with Crippen molar-refractivity contribution < 1.29 is 14.6 Å². The van der Waals surface area contributed by atoms with Crippen molar-refractivity contribution in [2.75, 3.05) is 20.8 Å². The standard InChI is InChI=1S/C10H12Br3NO3/c1-16-9-7(12)5(4(15)3-14)6(11)8(13)10(9)17-2/h4,15H,3,14H2,1-2H3. The van der Waals surface area contributed by atoms with Crippen LogP contribution in [0.4, 0.5) is 0 Å². The van der Waals surface area contributed by atoms with E-state index in [1.165, 1.54) is 7.11 Å². The highest BCUT2D eigenvalue weighted by Crippen LogP contribution is 2.49. The van der Waals surface area contributed by atoms with Gasteiger partial charge in [0.15, 0.2) is 11.5 Å². The van der Waals surface area contributed by atoms with E-state index in [4.69, 9.17) is 15.2 Å². The van der Waals surface area contributed by atoms with E-state index in [1.807, 2.05) is 0 Å². The first-order valence-corrected chi connectivity index (χ1v) is 7.03. The summed E-state index contributed by atoms with van der Waals surface area (Å²) >= 11 is 10.2. The van der Waals surface area contributed by atoms with Crippen LogP contribution in [0, 0.1) is 0 Å². The van der Waals surface area contributed by atoms with Gasteiger partial charge in [-0.2, -0.15) is 0 Å². The maximum atomic E-state index is 9.90. The van der Waals surface area contributed by atoms with Gasteiger partial charge in [0.2, 0.25) is 0 Å². The van der Waals surface area contributed by atoms with Crippen LogP contribution in [-0.2, 0) is 0 Å². The Morgan fingerprint density at radius 1 is 1.06 bits per heavy atom. The van der Waals surface area contributed by atoms with Gasteiger partial charge in [0.25, 0.3) is 0 Å². The predicted molar refractivity (Wildman–Crippen MR) is 76.7 cm³/mol. The van der Waals surface area contributed by atoms with Crippen LogP contribution in [0.2, 0.25) is 0 Å². The molecule has 1 unspecified atom stereocenters. The van der Waals surface area contributed by atoms with Crippen LogP contribution in [0.5, 0.6) is 11.5 Å². The molecule has 0 aromatic heterocycles. The minimum atomic E-state index is -0.796. The molecule has 1 aromatic carbocycles. The molecule has 0 heterocycles. The van der Waals surface area contributed by atoms with Crippen molar-refractivity contribution in [2.45, 2.75) is 6.10 Å². The van der Waals surface area contributed by atoms with E-state index in [1.54, 1.807) is 7.11 Å². The number of aliphatic hydroxyl groups excluding tert-OH is 1. The van der Waals surface area contributed by atoms with Crippen molar-refractivity contribution in [3.05, 3.63) is 19.0 Å². The fourth-order valence-electron chi connectivity index (χ4n) is 1.41. The third-order valence-electron chi connectivity index (χ3n) is 2.24. The number of halogens is 3. The highest BCUT2D eigenvalue weighted by atomic mass is 79.9. The number of ether oxygens (including phenoxy) is 2. The molecule has 4 nitrogen and oxygen atoms in total. The molecule has 0 aliphatic heterocycles. The second-order valence-electron chi connectivity index (χ2n) is 3.17. The zero-order valence-electron chi connectivity index (χ0n) is 9.26. The molecule has 0 aliphatic rings. The third kappa shape index (κ3) is 2.78. The zero-order chi connectivity index (χ0) is 13.2. The lowest BCUT2D eigenvalue weighted by Crippen LogP contribution is -2.13. The maximum absolute atomic E-state index is 9.90. The number of rotatable bonds is 4. The van der Waals surface area contributed by atoms with E-state index in [-0.39, 0.29) is 6.54 Å². The maximum Gasteiger partial charge on any atom is 0.177 e.